The van der Waals surface area contributed by atoms with E-state index in [1.165, 1.54) is 6.07 Å². The molecule has 0 amide bonds. The minimum atomic E-state index is -2.61. The summed E-state index contributed by atoms with van der Waals surface area (Å²) in [5, 5.41) is 0.570. The van der Waals surface area contributed by atoms with Gasteiger partial charge in [0.25, 0.3) is 6.43 Å². The van der Waals surface area contributed by atoms with Gasteiger partial charge in [0, 0.05) is 10.6 Å². The zero-order valence-electron chi connectivity index (χ0n) is 8.63. The molecule has 0 saturated heterocycles. The van der Waals surface area contributed by atoms with E-state index in [-0.39, 0.29) is 10.6 Å². The fourth-order valence-electron chi connectivity index (χ4n) is 1.67. The van der Waals surface area contributed by atoms with Gasteiger partial charge in [-0.1, -0.05) is 47.5 Å². The highest BCUT2D eigenvalue weighted by molar-refractivity contribution is 6.32. The van der Waals surface area contributed by atoms with Gasteiger partial charge in [-0.15, -0.1) is 0 Å². The molecule has 0 spiro atoms. The van der Waals surface area contributed by atoms with Crippen molar-refractivity contribution < 1.29 is 8.78 Å². The molecule has 88 valence electrons. The molecule has 0 heterocycles. The van der Waals surface area contributed by atoms with Gasteiger partial charge in [-0.3, -0.25) is 0 Å². The lowest BCUT2D eigenvalue weighted by Gasteiger charge is -2.11. The largest absolute Gasteiger partial charge is 0.265 e. The number of hydrogen-bond acceptors (Lipinski definition) is 0. The van der Waals surface area contributed by atoms with Crippen LogP contribution >= 0.6 is 23.2 Å². The van der Waals surface area contributed by atoms with Crippen LogP contribution in [-0.4, -0.2) is 0 Å². The minimum Gasteiger partial charge on any atom is -0.205 e. The average Bonchev–Trinajstić information content (AvgIpc) is 2.28. The summed E-state index contributed by atoms with van der Waals surface area (Å²) in [6, 6.07) is 11.5. The van der Waals surface area contributed by atoms with Crippen LogP contribution < -0.4 is 0 Å². The van der Waals surface area contributed by atoms with E-state index in [1.807, 2.05) is 0 Å². The molecule has 0 atom stereocenters. The molecule has 0 aromatic heterocycles. The summed E-state index contributed by atoms with van der Waals surface area (Å²) in [5.74, 6) is 0. The molecule has 0 saturated carbocycles. The zero-order valence-corrected chi connectivity index (χ0v) is 10.1. The monoisotopic (exact) mass is 272 g/mol. The fourth-order valence-corrected chi connectivity index (χ4v) is 2.11. The Hall–Kier alpha value is -1.12. The molecule has 0 nitrogen and oxygen atoms in total. The molecule has 0 fully saturated rings. The van der Waals surface area contributed by atoms with Crippen molar-refractivity contribution in [2.24, 2.45) is 0 Å². The van der Waals surface area contributed by atoms with E-state index < -0.39 is 6.43 Å². The van der Waals surface area contributed by atoms with Gasteiger partial charge in [0.05, 0.1) is 5.02 Å². The van der Waals surface area contributed by atoms with Crippen LogP contribution in [0.1, 0.15) is 12.0 Å². The molecule has 17 heavy (non-hydrogen) atoms. The summed E-state index contributed by atoms with van der Waals surface area (Å²) >= 11 is 11.6. The summed E-state index contributed by atoms with van der Waals surface area (Å²) < 4.78 is 25.9. The number of halogens is 4. The maximum atomic E-state index is 13.0. The van der Waals surface area contributed by atoms with Gasteiger partial charge >= 0.3 is 0 Å². The van der Waals surface area contributed by atoms with Crippen molar-refractivity contribution in [2.75, 3.05) is 0 Å². The number of hydrogen-bond donors (Lipinski definition) is 0. The molecule has 0 radical (unpaired) electrons. The number of alkyl halides is 2. The van der Waals surface area contributed by atoms with E-state index in [4.69, 9.17) is 23.2 Å². The lowest BCUT2D eigenvalue weighted by Crippen LogP contribution is -1.91. The standard InChI is InChI=1S/C13H8Cl2F2/c14-9-4-1-3-8(7-9)10-5-2-6-11(15)12(10)13(16)17/h1-7,13H. The number of rotatable bonds is 2. The highest BCUT2D eigenvalue weighted by Gasteiger charge is 2.17. The van der Waals surface area contributed by atoms with Crippen molar-refractivity contribution in [3.63, 3.8) is 0 Å². The van der Waals surface area contributed by atoms with Gasteiger partial charge in [0.1, 0.15) is 0 Å². The van der Waals surface area contributed by atoms with Gasteiger partial charge in [-0.25, -0.2) is 8.78 Å². The van der Waals surface area contributed by atoms with Crippen molar-refractivity contribution in [1.29, 1.82) is 0 Å². The molecule has 2 aromatic rings. The molecular formula is C13H8Cl2F2. The van der Waals surface area contributed by atoms with E-state index in [0.717, 1.165) is 0 Å². The Morgan fingerprint density at radius 2 is 1.65 bits per heavy atom. The normalized spacial score (nSPS) is 10.9. The number of benzene rings is 2. The molecule has 0 aliphatic heterocycles. The smallest absolute Gasteiger partial charge is 0.205 e. The fraction of sp³-hybridized carbons (Fsp3) is 0.0769. The Morgan fingerprint density at radius 3 is 2.29 bits per heavy atom. The molecule has 0 aliphatic rings. The third kappa shape index (κ3) is 2.59. The molecule has 0 aliphatic carbocycles. The van der Waals surface area contributed by atoms with Gasteiger partial charge in [-0.2, -0.15) is 0 Å². The zero-order chi connectivity index (χ0) is 12.4. The summed E-state index contributed by atoms with van der Waals surface area (Å²) in [5.41, 5.74) is 0.890. The van der Waals surface area contributed by atoms with Crippen LogP contribution in [0.4, 0.5) is 8.78 Å². The van der Waals surface area contributed by atoms with Crippen molar-refractivity contribution in [3.05, 3.63) is 58.1 Å². The van der Waals surface area contributed by atoms with E-state index in [1.54, 1.807) is 36.4 Å². The molecule has 0 bridgehead atoms. The van der Waals surface area contributed by atoms with Crippen LogP contribution in [0.15, 0.2) is 42.5 Å². The molecule has 0 N–H and O–H groups in total. The topological polar surface area (TPSA) is 0 Å². The van der Waals surface area contributed by atoms with E-state index in [2.05, 4.69) is 0 Å². The first-order chi connectivity index (χ1) is 8.09. The molecule has 4 heteroatoms. The highest BCUT2D eigenvalue weighted by Crippen LogP contribution is 2.36. The van der Waals surface area contributed by atoms with E-state index >= 15 is 0 Å². The lowest BCUT2D eigenvalue weighted by molar-refractivity contribution is 0.152. The first-order valence-corrected chi connectivity index (χ1v) is 5.67. The van der Waals surface area contributed by atoms with Crippen LogP contribution in [0.2, 0.25) is 10.0 Å². The summed E-state index contributed by atoms with van der Waals surface area (Å²) in [7, 11) is 0. The summed E-state index contributed by atoms with van der Waals surface area (Å²) in [6.45, 7) is 0. The Bertz CT molecular complexity index is 539. The SMILES string of the molecule is FC(F)c1c(Cl)cccc1-c1cccc(Cl)c1. The van der Waals surface area contributed by atoms with Crippen LogP contribution in [0.3, 0.4) is 0 Å². The van der Waals surface area contributed by atoms with Gasteiger partial charge in [0.2, 0.25) is 0 Å². The van der Waals surface area contributed by atoms with Crippen molar-refractivity contribution in [3.8, 4) is 11.1 Å². The van der Waals surface area contributed by atoms with Crippen LogP contribution in [0, 0.1) is 0 Å². The first kappa shape index (κ1) is 12.3. The second kappa shape index (κ2) is 5.03. The van der Waals surface area contributed by atoms with Crippen LogP contribution in [0.25, 0.3) is 11.1 Å². The summed E-state index contributed by atoms with van der Waals surface area (Å²) in [6.07, 6.45) is -2.61. The molecule has 0 unspecified atom stereocenters. The molecule has 2 rings (SSSR count). The highest BCUT2D eigenvalue weighted by atomic mass is 35.5. The second-order valence-corrected chi connectivity index (χ2v) is 4.36. The Labute approximate surface area is 108 Å². The lowest BCUT2D eigenvalue weighted by atomic mass is 10.00. The van der Waals surface area contributed by atoms with E-state index in [0.29, 0.717) is 16.1 Å². The molecule has 2 aromatic carbocycles. The van der Waals surface area contributed by atoms with Gasteiger partial charge in [0.15, 0.2) is 0 Å². The van der Waals surface area contributed by atoms with Crippen molar-refractivity contribution >= 4 is 23.2 Å². The Morgan fingerprint density at radius 1 is 0.941 bits per heavy atom. The third-order valence-electron chi connectivity index (χ3n) is 2.41. The van der Waals surface area contributed by atoms with Gasteiger partial charge in [-0.05, 0) is 29.3 Å². The van der Waals surface area contributed by atoms with Crippen molar-refractivity contribution in [1.82, 2.24) is 0 Å². The van der Waals surface area contributed by atoms with E-state index in [9.17, 15) is 8.78 Å². The van der Waals surface area contributed by atoms with Crippen LogP contribution in [-0.2, 0) is 0 Å². The van der Waals surface area contributed by atoms with Crippen LogP contribution in [0.5, 0.6) is 0 Å². The Balaban J connectivity index is 2.63. The predicted octanol–water partition coefficient (Wildman–Crippen LogP) is 5.60. The van der Waals surface area contributed by atoms with Crippen molar-refractivity contribution in [2.45, 2.75) is 6.43 Å². The Kier molecular flexibility index (Phi) is 3.65. The second-order valence-electron chi connectivity index (χ2n) is 3.51. The quantitative estimate of drug-likeness (QED) is 0.668. The summed E-state index contributed by atoms with van der Waals surface area (Å²) in [4.78, 5) is 0. The first-order valence-electron chi connectivity index (χ1n) is 4.92. The minimum absolute atomic E-state index is 0.0671. The maximum Gasteiger partial charge on any atom is 0.265 e. The average molecular weight is 273 g/mol. The third-order valence-corrected chi connectivity index (χ3v) is 2.97. The molecular weight excluding hydrogens is 265 g/mol. The maximum absolute atomic E-state index is 13.0. The van der Waals surface area contributed by atoms with Gasteiger partial charge < -0.3 is 0 Å². The predicted molar refractivity (Wildman–Crippen MR) is 66.9 cm³/mol.